The first-order chi connectivity index (χ1) is 3.43. The fourth-order valence-corrected chi connectivity index (χ4v) is 0.389. The second-order valence-corrected chi connectivity index (χ2v) is 1.17. The summed E-state index contributed by atoms with van der Waals surface area (Å²) in [5.41, 5.74) is 0. The Hall–Kier alpha value is -1.05. The molecule has 1 aromatic rings. The van der Waals surface area contributed by atoms with Crippen molar-refractivity contribution in [3.63, 3.8) is 0 Å². The van der Waals surface area contributed by atoms with E-state index in [1.807, 2.05) is 12.3 Å². The molecule has 0 aliphatic carbocycles. The zero-order valence-corrected chi connectivity index (χ0v) is 3.91. The van der Waals surface area contributed by atoms with E-state index in [0.29, 0.717) is 0 Å². The number of hydrogen-bond acceptors (Lipinski definition) is 1. The van der Waals surface area contributed by atoms with Crippen LogP contribution in [0.4, 0.5) is 0 Å². The van der Waals surface area contributed by atoms with Gasteiger partial charge in [-0.25, -0.2) is 4.68 Å². The lowest BCUT2D eigenvalue weighted by Crippen LogP contribution is -1.80. The maximum Gasteiger partial charge on any atom is 0.0493 e. The molecule has 0 bridgehead atoms. The topological polar surface area (TPSA) is 17.8 Å². The first-order valence-corrected chi connectivity index (χ1v) is 2.05. The quantitative estimate of drug-likeness (QED) is 0.507. The number of rotatable bonds is 1. The highest BCUT2D eigenvalue weighted by molar-refractivity contribution is 5.12. The number of aromatic nitrogens is 2. The average molecular weight is 94.1 g/mol. The van der Waals surface area contributed by atoms with Crippen molar-refractivity contribution < 1.29 is 0 Å². The van der Waals surface area contributed by atoms with Gasteiger partial charge in [0.1, 0.15) is 0 Å². The van der Waals surface area contributed by atoms with Gasteiger partial charge in [0.05, 0.1) is 0 Å². The Balaban J connectivity index is 2.96. The molecule has 2 nitrogen and oxygen atoms in total. The molecule has 0 aliphatic heterocycles. The summed E-state index contributed by atoms with van der Waals surface area (Å²) in [7, 11) is 0. The molecule has 0 fully saturated rings. The van der Waals surface area contributed by atoms with Gasteiger partial charge in [-0.05, 0) is 6.07 Å². The minimum absolute atomic E-state index is 1.64. The molecule has 1 aromatic heterocycles. The molecule has 0 aromatic carbocycles. The van der Waals surface area contributed by atoms with Gasteiger partial charge in [-0.3, -0.25) is 0 Å². The normalized spacial score (nSPS) is 8.57. The summed E-state index contributed by atoms with van der Waals surface area (Å²) in [5, 5.41) is 3.83. The van der Waals surface area contributed by atoms with Crippen molar-refractivity contribution in [3.05, 3.63) is 25.0 Å². The second kappa shape index (κ2) is 1.60. The highest BCUT2D eigenvalue weighted by atomic mass is 15.2. The molecule has 1 rings (SSSR count). The number of hydrogen-bond donors (Lipinski definition) is 0. The van der Waals surface area contributed by atoms with Gasteiger partial charge in [-0.1, -0.05) is 6.58 Å². The third-order valence-corrected chi connectivity index (χ3v) is 0.712. The molecule has 36 valence electrons. The zero-order valence-electron chi connectivity index (χ0n) is 3.91. The van der Waals surface area contributed by atoms with Gasteiger partial charge >= 0.3 is 0 Å². The van der Waals surface area contributed by atoms with E-state index in [1.54, 1.807) is 17.1 Å². The zero-order chi connectivity index (χ0) is 5.11. The van der Waals surface area contributed by atoms with Gasteiger partial charge in [-0.2, -0.15) is 5.10 Å². The first-order valence-electron chi connectivity index (χ1n) is 2.05. The van der Waals surface area contributed by atoms with E-state index in [2.05, 4.69) is 11.7 Å². The van der Waals surface area contributed by atoms with Crippen molar-refractivity contribution in [1.29, 1.82) is 0 Å². The molecular formula is C5H6N2. The minimum Gasteiger partial charge on any atom is -0.249 e. The van der Waals surface area contributed by atoms with Gasteiger partial charge in [0.15, 0.2) is 0 Å². The Morgan fingerprint density at radius 1 is 1.71 bits per heavy atom. The van der Waals surface area contributed by atoms with E-state index in [9.17, 15) is 0 Å². The lowest BCUT2D eigenvalue weighted by atomic mass is 10.7. The smallest absolute Gasteiger partial charge is 0.0493 e. The van der Waals surface area contributed by atoms with E-state index in [4.69, 9.17) is 0 Å². The van der Waals surface area contributed by atoms with E-state index < -0.39 is 0 Å². The number of nitrogens with zero attached hydrogens (tertiary/aromatic N) is 2. The Kier molecular flexibility index (Phi) is 0.941. The van der Waals surface area contributed by atoms with Crippen LogP contribution in [0.5, 0.6) is 0 Å². The maximum atomic E-state index is 3.83. The highest BCUT2D eigenvalue weighted by Gasteiger charge is 1.73. The summed E-state index contributed by atoms with van der Waals surface area (Å²) in [4.78, 5) is 0. The SMILES string of the molecule is C=Cn1cccn1. The average Bonchev–Trinajstić information content (AvgIpc) is 2.14. The molecule has 0 unspecified atom stereocenters. The van der Waals surface area contributed by atoms with Crippen molar-refractivity contribution in [2.24, 2.45) is 0 Å². The summed E-state index contributed by atoms with van der Waals surface area (Å²) < 4.78 is 1.64. The van der Waals surface area contributed by atoms with Crippen LogP contribution >= 0.6 is 0 Å². The molecular weight excluding hydrogens is 88.1 g/mol. The minimum atomic E-state index is 1.64. The van der Waals surface area contributed by atoms with E-state index in [-0.39, 0.29) is 0 Å². The standard InChI is InChI=1S/C5H6N2/c1-2-7-5-3-4-6-7/h2-5H,1H2. The predicted octanol–water partition coefficient (Wildman–Crippen LogP) is 0.984. The van der Waals surface area contributed by atoms with Crippen LogP contribution in [0.1, 0.15) is 0 Å². The summed E-state index contributed by atoms with van der Waals surface area (Å²) in [6.45, 7) is 3.50. The van der Waals surface area contributed by atoms with Gasteiger partial charge in [0.2, 0.25) is 0 Å². The van der Waals surface area contributed by atoms with Crippen LogP contribution < -0.4 is 0 Å². The van der Waals surface area contributed by atoms with E-state index in [0.717, 1.165) is 0 Å². The van der Waals surface area contributed by atoms with Crippen LogP contribution in [0.3, 0.4) is 0 Å². The van der Waals surface area contributed by atoms with Crippen LogP contribution in [-0.4, -0.2) is 9.78 Å². The predicted molar refractivity (Wildman–Crippen MR) is 28.6 cm³/mol. The van der Waals surface area contributed by atoms with Gasteiger partial charge in [0, 0.05) is 18.6 Å². The fraction of sp³-hybridized carbons (Fsp3) is 0. The molecule has 0 spiro atoms. The molecule has 0 aliphatic rings. The van der Waals surface area contributed by atoms with Crippen LogP contribution in [0.15, 0.2) is 25.0 Å². The van der Waals surface area contributed by atoms with Crippen LogP contribution in [0, 0.1) is 0 Å². The monoisotopic (exact) mass is 94.1 g/mol. The molecule has 0 atom stereocenters. The summed E-state index contributed by atoms with van der Waals surface area (Å²) in [6, 6.07) is 1.85. The van der Waals surface area contributed by atoms with Gasteiger partial charge in [-0.15, -0.1) is 0 Å². The Labute approximate surface area is 42.1 Å². The largest absolute Gasteiger partial charge is 0.249 e. The molecule has 0 radical (unpaired) electrons. The van der Waals surface area contributed by atoms with Crippen LogP contribution in [0.25, 0.3) is 6.20 Å². The third-order valence-electron chi connectivity index (χ3n) is 0.712. The lowest BCUT2D eigenvalue weighted by Gasteiger charge is -1.80. The lowest BCUT2D eigenvalue weighted by molar-refractivity contribution is 0.937. The second-order valence-electron chi connectivity index (χ2n) is 1.17. The first kappa shape index (κ1) is 4.12. The Morgan fingerprint density at radius 3 is 2.86 bits per heavy atom. The van der Waals surface area contributed by atoms with Crippen molar-refractivity contribution in [3.8, 4) is 0 Å². The molecule has 0 saturated carbocycles. The van der Waals surface area contributed by atoms with Crippen molar-refractivity contribution in [2.45, 2.75) is 0 Å². The summed E-state index contributed by atoms with van der Waals surface area (Å²) in [5.74, 6) is 0. The molecule has 0 amide bonds. The summed E-state index contributed by atoms with van der Waals surface area (Å²) >= 11 is 0. The van der Waals surface area contributed by atoms with Crippen molar-refractivity contribution >= 4 is 6.20 Å². The summed E-state index contributed by atoms with van der Waals surface area (Å²) in [6.07, 6.45) is 5.18. The molecule has 7 heavy (non-hydrogen) atoms. The molecule has 0 N–H and O–H groups in total. The van der Waals surface area contributed by atoms with Gasteiger partial charge in [0.25, 0.3) is 0 Å². The van der Waals surface area contributed by atoms with Crippen molar-refractivity contribution in [2.75, 3.05) is 0 Å². The van der Waals surface area contributed by atoms with E-state index >= 15 is 0 Å². The van der Waals surface area contributed by atoms with Crippen LogP contribution in [0.2, 0.25) is 0 Å². The third kappa shape index (κ3) is 0.682. The molecule has 0 saturated heterocycles. The van der Waals surface area contributed by atoms with E-state index in [1.165, 1.54) is 0 Å². The van der Waals surface area contributed by atoms with Crippen molar-refractivity contribution in [1.82, 2.24) is 9.78 Å². The maximum absolute atomic E-state index is 3.83. The Bertz CT molecular complexity index is 141. The van der Waals surface area contributed by atoms with Gasteiger partial charge < -0.3 is 0 Å². The molecule has 1 heterocycles. The van der Waals surface area contributed by atoms with Crippen LogP contribution in [-0.2, 0) is 0 Å². The highest BCUT2D eigenvalue weighted by Crippen LogP contribution is 1.80. The Morgan fingerprint density at radius 2 is 2.57 bits per heavy atom. The fourth-order valence-electron chi connectivity index (χ4n) is 0.389. The molecule has 2 heteroatoms.